The van der Waals surface area contributed by atoms with Gasteiger partial charge in [0.25, 0.3) is 0 Å². The van der Waals surface area contributed by atoms with Crippen molar-refractivity contribution in [1.82, 2.24) is 5.32 Å². The average molecular weight is 275 g/mol. The fraction of sp³-hybridized carbons (Fsp3) is 0.667. The van der Waals surface area contributed by atoms with E-state index in [2.05, 4.69) is 43.4 Å². The van der Waals surface area contributed by atoms with Crippen LogP contribution in [-0.2, 0) is 4.74 Å². The molecule has 0 saturated heterocycles. The molecule has 1 N–H and O–H groups in total. The summed E-state index contributed by atoms with van der Waals surface area (Å²) in [6, 6.07) is 8.81. The van der Waals surface area contributed by atoms with E-state index in [0.29, 0.717) is 6.10 Å². The predicted octanol–water partition coefficient (Wildman–Crippen LogP) is 4.39. The van der Waals surface area contributed by atoms with Crippen molar-refractivity contribution in [2.45, 2.75) is 64.6 Å². The minimum absolute atomic E-state index is 0.199. The van der Waals surface area contributed by atoms with Crippen LogP contribution in [0.5, 0.6) is 0 Å². The molecule has 2 nitrogen and oxygen atoms in total. The summed E-state index contributed by atoms with van der Waals surface area (Å²) in [5.41, 5.74) is 2.62. The zero-order valence-corrected chi connectivity index (χ0v) is 13.0. The molecule has 20 heavy (non-hydrogen) atoms. The summed E-state index contributed by atoms with van der Waals surface area (Å²) >= 11 is 0. The van der Waals surface area contributed by atoms with Crippen LogP contribution in [0.3, 0.4) is 0 Å². The summed E-state index contributed by atoms with van der Waals surface area (Å²) in [4.78, 5) is 0. The van der Waals surface area contributed by atoms with Gasteiger partial charge in [0, 0.05) is 6.54 Å². The Morgan fingerprint density at radius 3 is 2.50 bits per heavy atom. The fourth-order valence-corrected chi connectivity index (χ4v) is 2.87. The lowest BCUT2D eigenvalue weighted by atomic mass is 9.97. The van der Waals surface area contributed by atoms with E-state index in [9.17, 15) is 0 Å². The van der Waals surface area contributed by atoms with Gasteiger partial charge in [0.1, 0.15) is 0 Å². The van der Waals surface area contributed by atoms with Crippen LogP contribution in [-0.4, -0.2) is 19.2 Å². The second-order valence-electron chi connectivity index (χ2n) is 6.00. The highest BCUT2D eigenvalue weighted by molar-refractivity contribution is 5.23. The van der Waals surface area contributed by atoms with Gasteiger partial charge in [-0.15, -0.1) is 0 Å². The van der Waals surface area contributed by atoms with Crippen LogP contribution in [0.2, 0.25) is 0 Å². The van der Waals surface area contributed by atoms with Crippen molar-refractivity contribution in [3.8, 4) is 0 Å². The molecule has 1 aromatic carbocycles. The molecule has 0 amide bonds. The third kappa shape index (κ3) is 4.92. The molecule has 1 atom stereocenters. The highest BCUT2D eigenvalue weighted by atomic mass is 16.5. The minimum atomic E-state index is 0.199. The molecular weight excluding hydrogens is 246 g/mol. The van der Waals surface area contributed by atoms with Crippen molar-refractivity contribution in [3.63, 3.8) is 0 Å². The molecule has 0 aliphatic heterocycles. The Labute approximate surface area is 123 Å². The van der Waals surface area contributed by atoms with Crippen LogP contribution >= 0.6 is 0 Å². The molecule has 1 aliphatic carbocycles. The van der Waals surface area contributed by atoms with Crippen molar-refractivity contribution in [1.29, 1.82) is 0 Å². The van der Waals surface area contributed by atoms with Crippen LogP contribution in [0.4, 0.5) is 0 Å². The molecule has 0 bridgehead atoms. The van der Waals surface area contributed by atoms with E-state index in [1.807, 2.05) is 0 Å². The second-order valence-corrected chi connectivity index (χ2v) is 6.00. The van der Waals surface area contributed by atoms with Crippen molar-refractivity contribution in [3.05, 3.63) is 35.4 Å². The zero-order valence-electron chi connectivity index (χ0n) is 13.0. The molecule has 2 rings (SSSR count). The van der Waals surface area contributed by atoms with Gasteiger partial charge in [0.05, 0.1) is 12.2 Å². The Morgan fingerprint density at radius 2 is 1.85 bits per heavy atom. The normalized spacial score (nSPS) is 18.1. The molecule has 0 aromatic heterocycles. The van der Waals surface area contributed by atoms with Gasteiger partial charge >= 0.3 is 0 Å². The maximum absolute atomic E-state index is 6.40. The van der Waals surface area contributed by atoms with Crippen LogP contribution < -0.4 is 5.32 Å². The molecule has 2 heteroatoms. The van der Waals surface area contributed by atoms with Crippen molar-refractivity contribution in [2.75, 3.05) is 13.1 Å². The maximum Gasteiger partial charge on any atom is 0.0952 e. The van der Waals surface area contributed by atoms with E-state index >= 15 is 0 Å². The Hall–Kier alpha value is -0.860. The van der Waals surface area contributed by atoms with Gasteiger partial charge in [0.15, 0.2) is 0 Å². The van der Waals surface area contributed by atoms with Gasteiger partial charge in [-0.3, -0.25) is 0 Å². The molecule has 0 radical (unpaired) electrons. The molecule has 1 unspecified atom stereocenters. The average Bonchev–Trinajstić information content (AvgIpc) is 2.48. The van der Waals surface area contributed by atoms with Crippen LogP contribution in [0.25, 0.3) is 0 Å². The van der Waals surface area contributed by atoms with Crippen LogP contribution in [0.1, 0.15) is 62.7 Å². The first kappa shape index (κ1) is 15.5. The van der Waals surface area contributed by atoms with Crippen LogP contribution in [0, 0.1) is 6.92 Å². The van der Waals surface area contributed by atoms with Gasteiger partial charge in [-0.2, -0.15) is 0 Å². The molecule has 1 aliphatic rings. The van der Waals surface area contributed by atoms with Crippen molar-refractivity contribution >= 4 is 0 Å². The second kappa shape index (κ2) is 8.43. The summed E-state index contributed by atoms with van der Waals surface area (Å²) in [6.07, 6.45) is 8.32. The monoisotopic (exact) mass is 275 g/mol. The number of rotatable bonds is 7. The first-order chi connectivity index (χ1) is 9.79. The lowest BCUT2D eigenvalue weighted by Gasteiger charge is -2.28. The quantitative estimate of drug-likeness (QED) is 0.745. The van der Waals surface area contributed by atoms with Gasteiger partial charge in [-0.1, -0.05) is 56.0 Å². The third-order valence-electron chi connectivity index (χ3n) is 4.11. The summed E-state index contributed by atoms with van der Waals surface area (Å²) in [7, 11) is 0. The van der Waals surface area contributed by atoms with Gasteiger partial charge in [0.2, 0.25) is 0 Å². The fourth-order valence-electron chi connectivity index (χ4n) is 2.87. The van der Waals surface area contributed by atoms with E-state index in [0.717, 1.165) is 13.1 Å². The Bertz CT molecular complexity index is 368. The Balaban J connectivity index is 1.97. The lowest BCUT2D eigenvalue weighted by Crippen LogP contribution is -2.28. The first-order valence-corrected chi connectivity index (χ1v) is 8.22. The van der Waals surface area contributed by atoms with Gasteiger partial charge in [-0.25, -0.2) is 0 Å². The molecular formula is C18H29NO. The van der Waals surface area contributed by atoms with Gasteiger partial charge in [-0.05, 0) is 38.3 Å². The standard InChI is InChI=1S/C18H29NO/c1-3-13-19-14-18(16-11-9-15(2)10-12-16)20-17-7-5-4-6-8-17/h9-12,17-19H,3-8,13-14H2,1-2H3. The zero-order chi connectivity index (χ0) is 14.2. The topological polar surface area (TPSA) is 21.3 Å². The highest BCUT2D eigenvalue weighted by Crippen LogP contribution is 2.27. The summed E-state index contributed by atoms with van der Waals surface area (Å²) in [5.74, 6) is 0. The Morgan fingerprint density at radius 1 is 1.15 bits per heavy atom. The molecule has 0 spiro atoms. The Kier molecular flexibility index (Phi) is 6.55. The van der Waals surface area contributed by atoms with E-state index in [-0.39, 0.29) is 6.10 Å². The highest BCUT2D eigenvalue weighted by Gasteiger charge is 2.20. The summed E-state index contributed by atoms with van der Waals surface area (Å²) in [6.45, 7) is 6.33. The van der Waals surface area contributed by atoms with Gasteiger partial charge < -0.3 is 10.1 Å². The van der Waals surface area contributed by atoms with Crippen molar-refractivity contribution in [2.24, 2.45) is 0 Å². The first-order valence-electron chi connectivity index (χ1n) is 8.22. The predicted molar refractivity (Wildman–Crippen MR) is 85.0 cm³/mol. The third-order valence-corrected chi connectivity index (χ3v) is 4.11. The minimum Gasteiger partial charge on any atom is -0.369 e. The smallest absolute Gasteiger partial charge is 0.0952 e. The number of nitrogens with one attached hydrogen (secondary N) is 1. The maximum atomic E-state index is 6.40. The van der Waals surface area contributed by atoms with E-state index in [4.69, 9.17) is 4.74 Å². The number of benzene rings is 1. The van der Waals surface area contributed by atoms with E-state index < -0.39 is 0 Å². The molecule has 112 valence electrons. The molecule has 0 heterocycles. The molecule has 1 saturated carbocycles. The number of hydrogen-bond acceptors (Lipinski definition) is 2. The summed E-state index contributed by atoms with van der Waals surface area (Å²) in [5, 5.41) is 3.51. The molecule has 1 fully saturated rings. The summed E-state index contributed by atoms with van der Waals surface area (Å²) < 4.78 is 6.40. The SMILES string of the molecule is CCCNCC(OC1CCCCC1)c1ccc(C)cc1. The van der Waals surface area contributed by atoms with Crippen LogP contribution in [0.15, 0.2) is 24.3 Å². The number of ether oxygens (including phenoxy) is 1. The van der Waals surface area contributed by atoms with E-state index in [1.54, 1.807) is 0 Å². The largest absolute Gasteiger partial charge is 0.369 e. The number of aryl methyl sites for hydroxylation is 1. The lowest BCUT2D eigenvalue weighted by molar-refractivity contribution is -0.0305. The number of hydrogen-bond donors (Lipinski definition) is 1. The van der Waals surface area contributed by atoms with Crippen molar-refractivity contribution < 1.29 is 4.74 Å². The molecule has 1 aromatic rings. The van der Waals surface area contributed by atoms with E-state index in [1.165, 1.54) is 49.7 Å².